The van der Waals surface area contributed by atoms with E-state index >= 15 is 0 Å². The second kappa shape index (κ2) is 5.57. The summed E-state index contributed by atoms with van der Waals surface area (Å²) in [4.78, 5) is 35.7. The Bertz CT molecular complexity index is 846. The topological polar surface area (TPSA) is 112 Å². The molecule has 0 bridgehead atoms. The molecule has 0 spiro atoms. The molecular formula is C15H9NaO6. The number of carbonyl (C=O) groups is 3. The Morgan fingerprint density at radius 3 is 2.18 bits per heavy atom. The maximum Gasteiger partial charge on any atom is 1.00 e. The number of hydrogen-bond donors (Lipinski definition) is 3. The van der Waals surface area contributed by atoms with Gasteiger partial charge in [0.05, 0.1) is 16.7 Å². The van der Waals surface area contributed by atoms with E-state index in [1.165, 1.54) is 18.2 Å². The Labute approximate surface area is 147 Å². The molecule has 1 aliphatic rings. The summed E-state index contributed by atoms with van der Waals surface area (Å²) in [6.07, 6.45) is 0. The van der Waals surface area contributed by atoms with Gasteiger partial charge in [0.2, 0.25) is 5.78 Å². The van der Waals surface area contributed by atoms with Gasteiger partial charge >= 0.3 is 35.5 Å². The van der Waals surface area contributed by atoms with Crippen LogP contribution in [0.25, 0.3) is 0 Å². The maximum absolute atomic E-state index is 12.4. The smallest absolute Gasteiger partial charge is 1.00 e. The molecule has 0 saturated heterocycles. The molecule has 0 aromatic heterocycles. The number of carboxylic acid groups (broad SMARTS) is 1. The van der Waals surface area contributed by atoms with E-state index in [-0.39, 0.29) is 64.6 Å². The molecule has 0 radical (unpaired) electrons. The van der Waals surface area contributed by atoms with Crippen molar-refractivity contribution in [3.8, 4) is 11.5 Å². The predicted octanol–water partition coefficient (Wildman–Crippen LogP) is -1.31. The zero-order valence-electron chi connectivity index (χ0n) is 12.5. The van der Waals surface area contributed by atoms with Crippen LogP contribution in [-0.2, 0) is 0 Å². The first kappa shape index (κ1) is 16.2. The number of rotatable bonds is 1. The van der Waals surface area contributed by atoms with Crippen molar-refractivity contribution in [2.75, 3.05) is 0 Å². The van der Waals surface area contributed by atoms with Crippen LogP contribution in [0.4, 0.5) is 0 Å². The third kappa shape index (κ3) is 2.21. The van der Waals surface area contributed by atoms with Crippen LogP contribution in [0.15, 0.2) is 30.3 Å². The number of carboxylic acids is 1. The van der Waals surface area contributed by atoms with E-state index in [2.05, 4.69) is 0 Å². The van der Waals surface area contributed by atoms with Crippen LogP contribution >= 0.6 is 0 Å². The Hall–Kier alpha value is -2.15. The van der Waals surface area contributed by atoms with Gasteiger partial charge in [-0.1, -0.05) is 12.1 Å². The van der Waals surface area contributed by atoms with Crippen molar-refractivity contribution in [3.63, 3.8) is 0 Å². The number of benzene rings is 2. The molecule has 106 valence electrons. The zero-order chi connectivity index (χ0) is 15.3. The fourth-order valence-electron chi connectivity index (χ4n) is 2.41. The first-order valence-corrected chi connectivity index (χ1v) is 5.93. The number of ketones is 2. The quantitative estimate of drug-likeness (QED) is 0.481. The van der Waals surface area contributed by atoms with E-state index in [0.717, 1.165) is 12.1 Å². The first-order valence-electron chi connectivity index (χ1n) is 5.93. The second-order valence-electron chi connectivity index (χ2n) is 4.58. The van der Waals surface area contributed by atoms with Crippen molar-refractivity contribution in [1.29, 1.82) is 0 Å². The summed E-state index contributed by atoms with van der Waals surface area (Å²) in [6.45, 7) is 0. The van der Waals surface area contributed by atoms with Crippen LogP contribution in [0.3, 0.4) is 0 Å². The van der Waals surface area contributed by atoms with Crippen molar-refractivity contribution in [3.05, 3.63) is 58.1 Å². The Morgan fingerprint density at radius 2 is 1.55 bits per heavy atom. The average molecular weight is 308 g/mol. The fourth-order valence-corrected chi connectivity index (χ4v) is 2.41. The predicted molar refractivity (Wildman–Crippen MR) is 71.1 cm³/mol. The summed E-state index contributed by atoms with van der Waals surface area (Å²) in [6, 6.07) is 5.98. The van der Waals surface area contributed by atoms with Crippen molar-refractivity contribution in [2.24, 2.45) is 0 Å². The minimum absolute atomic E-state index is 0. The number of aromatic hydroxyl groups is 2. The molecule has 0 unspecified atom stereocenters. The number of hydrogen-bond acceptors (Lipinski definition) is 5. The van der Waals surface area contributed by atoms with Crippen molar-refractivity contribution in [2.45, 2.75) is 0 Å². The third-order valence-corrected chi connectivity index (χ3v) is 3.35. The molecule has 0 saturated carbocycles. The summed E-state index contributed by atoms with van der Waals surface area (Å²) in [7, 11) is 0. The first-order chi connectivity index (χ1) is 9.91. The molecule has 0 aliphatic heterocycles. The van der Waals surface area contributed by atoms with Gasteiger partial charge in [0.15, 0.2) is 5.78 Å². The second-order valence-corrected chi connectivity index (χ2v) is 4.58. The molecule has 2 aromatic carbocycles. The molecule has 3 N–H and O–H groups in total. The van der Waals surface area contributed by atoms with Gasteiger partial charge in [-0.05, 0) is 18.2 Å². The van der Waals surface area contributed by atoms with Crippen LogP contribution in [0.5, 0.6) is 11.5 Å². The molecular weight excluding hydrogens is 299 g/mol. The van der Waals surface area contributed by atoms with Crippen molar-refractivity contribution < 1.29 is 60.7 Å². The van der Waals surface area contributed by atoms with Crippen LogP contribution in [0.2, 0.25) is 0 Å². The molecule has 6 nitrogen and oxygen atoms in total. The number of aromatic carboxylic acids is 1. The summed E-state index contributed by atoms with van der Waals surface area (Å²) in [5, 5.41) is 28.6. The fraction of sp³-hybridized carbons (Fsp3) is 0. The number of carbonyl (C=O) groups excluding carboxylic acids is 2. The molecule has 0 atom stereocenters. The largest absolute Gasteiger partial charge is 1.00 e. The molecule has 0 heterocycles. The summed E-state index contributed by atoms with van der Waals surface area (Å²) < 4.78 is 0. The molecule has 1 aliphatic carbocycles. The van der Waals surface area contributed by atoms with Gasteiger partial charge in [-0.3, -0.25) is 9.59 Å². The Kier molecular flexibility index (Phi) is 4.10. The van der Waals surface area contributed by atoms with Crippen LogP contribution < -0.4 is 29.6 Å². The van der Waals surface area contributed by atoms with Crippen LogP contribution in [0, 0.1) is 0 Å². The van der Waals surface area contributed by atoms with Gasteiger partial charge in [0.25, 0.3) is 0 Å². The van der Waals surface area contributed by atoms with E-state index in [4.69, 9.17) is 5.11 Å². The van der Waals surface area contributed by atoms with E-state index in [0.29, 0.717) is 0 Å². The van der Waals surface area contributed by atoms with Gasteiger partial charge in [-0.15, -0.1) is 0 Å². The maximum atomic E-state index is 12.4. The van der Waals surface area contributed by atoms with Crippen molar-refractivity contribution in [1.82, 2.24) is 0 Å². The molecule has 3 rings (SSSR count). The number of phenolic OH excluding ortho intramolecular Hbond substituents is 2. The van der Waals surface area contributed by atoms with Gasteiger partial charge in [-0.25, -0.2) is 4.79 Å². The Balaban J connectivity index is 0.00000132. The van der Waals surface area contributed by atoms with Gasteiger partial charge in [0, 0.05) is 11.1 Å². The molecule has 2 aromatic rings. The SMILES string of the molecule is O=C(O)c1cc(O)c2c(c1)C(=O)c1cccc(O)c1C2=O.[H-].[Na+]. The summed E-state index contributed by atoms with van der Waals surface area (Å²) in [5.41, 5.74) is -0.978. The van der Waals surface area contributed by atoms with E-state index in [9.17, 15) is 24.6 Å². The van der Waals surface area contributed by atoms with Crippen molar-refractivity contribution >= 4 is 17.5 Å². The van der Waals surface area contributed by atoms with Gasteiger partial charge in [0.1, 0.15) is 11.5 Å². The van der Waals surface area contributed by atoms with Crippen LogP contribution in [-0.4, -0.2) is 32.9 Å². The monoisotopic (exact) mass is 308 g/mol. The minimum atomic E-state index is -1.32. The molecule has 0 fully saturated rings. The van der Waals surface area contributed by atoms with E-state index in [1.54, 1.807) is 0 Å². The number of fused-ring (bicyclic) bond motifs is 2. The summed E-state index contributed by atoms with van der Waals surface area (Å²) >= 11 is 0. The normalized spacial score (nSPS) is 12.2. The molecule has 7 heteroatoms. The minimum Gasteiger partial charge on any atom is -1.00 e. The number of phenols is 2. The summed E-state index contributed by atoms with van der Waals surface area (Å²) in [5.74, 6) is -3.62. The molecule has 22 heavy (non-hydrogen) atoms. The Morgan fingerprint density at radius 1 is 0.909 bits per heavy atom. The molecule has 0 amide bonds. The van der Waals surface area contributed by atoms with E-state index in [1.807, 2.05) is 0 Å². The van der Waals surface area contributed by atoms with Crippen LogP contribution in [0.1, 0.15) is 43.6 Å². The average Bonchev–Trinajstić information content (AvgIpc) is 2.43. The van der Waals surface area contributed by atoms with E-state index < -0.39 is 23.3 Å². The van der Waals surface area contributed by atoms with Gasteiger partial charge < -0.3 is 16.7 Å². The third-order valence-electron chi connectivity index (χ3n) is 3.35. The standard InChI is InChI=1S/C15H8O6.Na.H/c16-9-3-1-2-7-11(9)14(19)12-8(13(7)18)4-6(15(20)21)5-10(12)17;;/h1-5,16-17H,(H,20,21);;/q;+1;-1. The zero-order valence-corrected chi connectivity index (χ0v) is 13.5. The van der Waals surface area contributed by atoms with Gasteiger partial charge in [-0.2, -0.15) is 0 Å².